The normalized spacial score (nSPS) is 12.6. The number of halogens is 5. The molecular formula is C10H9ClF4N2O. The third-order valence-corrected chi connectivity index (χ3v) is 1.99. The molecule has 0 bridgehead atoms. The number of aliphatic imine (C=N–C) groups is 1. The largest absolute Gasteiger partial charge is 0.481 e. The van der Waals surface area contributed by atoms with E-state index in [1.54, 1.807) is 0 Å². The number of ether oxygens (including phenoxy) is 1. The third-order valence-electron chi connectivity index (χ3n) is 1.72. The fourth-order valence-corrected chi connectivity index (χ4v) is 1.09. The minimum atomic E-state index is -4.52. The van der Waals surface area contributed by atoms with E-state index in [1.807, 2.05) is 0 Å². The zero-order chi connectivity index (χ0) is 13.8. The van der Waals surface area contributed by atoms with E-state index in [2.05, 4.69) is 9.73 Å². The molecule has 0 saturated heterocycles. The van der Waals surface area contributed by atoms with Crippen molar-refractivity contribution in [3.63, 3.8) is 0 Å². The lowest BCUT2D eigenvalue weighted by Crippen LogP contribution is -2.19. The quantitative estimate of drug-likeness (QED) is 0.400. The maximum atomic E-state index is 13.3. The molecule has 0 radical (unpaired) electrons. The molecule has 18 heavy (non-hydrogen) atoms. The van der Waals surface area contributed by atoms with Crippen LogP contribution in [-0.4, -0.2) is 24.5 Å². The standard InChI is InChI=1S/C10H9ClF4N2O/c11-4-9(16)17-6-1-2-8(7(12)3-6)18-5-10(13,14)15/h1-3H,4-5H2,(H2,16,17). The molecular weight excluding hydrogens is 276 g/mol. The molecule has 2 N–H and O–H groups in total. The topological polar surface area (TPSA) is 47.6 Å². The predicted octanol–water partition coefficient (Wildman–Crippen LogP) is 2.99. The summed E-state index contributed by atoms with van der Waals surface area (Å²) in [5.74, 6) is -1.42. The number of nitrogens with zero attached hydrogens (tertiary/aromatic N) is 1. The Hall–Kier alpha value is -1.50. The molecule has 8 heteroatoms. The molecule has 0 aromatic heterocycles. The molecule has 0 fully saturated rings. The van der Waals surface area contributed by atoms with Crippen molar-refractivity contribution in [2.45, 2.75) is 6.18 Å². The van der Waals surface area contributed by atoms with Gasteiger partial charge in [-0.05, 0) is 12.1 Å². The van der Waals surface area contributed by atoms with Crippen molar-refractivity contribution in [2.75, 3.05) is 12.5 Å². The molecule has 0 atom stereocenters. The number of rotatable bonds is 4. The Morgan fingerprint density at radius 3 is 2.56 bits per heavy atom. The van der Waals surface area contributed by atoms with Crippen LogP contribution in [0.25, 0.3) is 0 Å². The highest BCUT2D eigenvalue weighted by Gasteiger charge is 2.28. The van der Waals surface area contributed by atoms with Gasteiger partial charge in [-0.2, -0.15) is 13.2 Å². The van der Waals surface area contributed by atoms with Crippen LogP contribution in [0.15, 0.2) is 23.2 Å². The van der Waals surface area contributed by atoms with Crippen molar-refractivity contribution in [3.05, 3.63) is 24.0 Å². The summed E-state index contributed by atoms with van der Waals surface area (Å²) >= 11 is 5.37. The van der Waals surface area contributed by atoms with Crippen LogP contribution in [0.3, 0.4) is 0 Å². The molecule has 3 nitrogen and oxygen atoms in total. The van der Waals surface area contributed by atoms with E-state index in [0.29, 0.717) is 0 Å². The summed E-state index contributed by atoms with van der Waals surface area (Å²) < 4.78 is 53.2. The van der Waals surface area contributed by atoms with Crippen LogP contribution in [-0.2, 0) is 0 Å². The van der Waals surface area contributed by atoms with Gasteiger partial charge in [0.25, 0.3) is 0 Å². The van der Waals surface area contributed by atoms with Gasteiger partial charge in [-0.25, -0.2) is 9.38 Å². The van der Waals surface area contributed by atoms with Gasteiger partial charge in [-0.3, -0.25) is 0 Å². The maximum Gasteiger partial charge on any atom is 0.422 e. The molecule has 0 heterocycles. The summed E-state index contributed by atoms with van der Waals surface area (Å²) in [6.07, 6.45) is -4.52. The summed E-state index contributed by atoms with van der Waals surface area (Å²) in [6.45, 7) is -1.56. The van der Waals surface area contributed by atoms with Crippen LogP contribution in [0.2, 0.25) is 0 Å². The minimum Gasteiger partial charge on any atom is -0.481 e. The van der Waals surface area contributed by atoms with E-state index in [1.165, 1.54) is 6.07 Å². The van der Waals surface area contributed by atoms with Crippen LogP contribution in [0, 0.1) is 5.82 Å². The summed E-state index contributed by atoms with van der Waals surface area (Å²) in [4.78, 5) is 3.73. The third kappa shape index (κ3) is 4.79. The monoisotopic (exact) mass is 284 g/mol. The van der Waals surface area contributed by atoms with Crippen molar-refractivity contribution < 1.29 is 22.3 Å². The molecule has 0 amide bonds. The molecule has 0 aliphatic rings. The average molecular weight is 285 g/mol. The smallest absolute Gasteiger partial charge is 0.422 e. The summed E-state index contributed by atoms with van der Waals surface area (Å²) in [7, 11) is 0. The van der Waals surface area contributed by atoms with Gasteiger partial charge in [0.2, 0.25) is 0 Å². The summed E-state index contributed by atoms with van der Waals surface area (Å²) in [5, 5.41) is 0. The second-order valence-electron chi connectivity index (χ2n) is 3.26. The second-order valence-corrected chi connectivity index (χ2v) is 3.52. The lowest BCUT2D eigenvalue weighted by Gasteiger charge is -2.09. The molecule has 0 unspecified atom stereocenters. The van der Waals surface area contributed by atoms with E-state index >= 15 is 0 Å². The van der Waals surface area contributed by atoms with Gasteiger partial charge in [0.15, 0.2) is 18.2 Å². The van der Waals surface area contributed by atoms with Gasteiger partial charge in [-0.1, -0.05) is 0 Å². The van der Waals surface area contributed by atoms with E-state index in [4.69, 9.17) is 17.3 Å². The number of benzene rings is 1. The maximum absolute atomic E-state index is 13.3. The Morgan fingerprint density at radius 1 is 1.39 bits per heavy atom. The van der Waals surface area contributed by atoms with Crippen molar-refractivity contribution in [2.24, 2.45) is 10.7 Å². The highest BCUT2D eigenvalue weighted by Crippen LogP contribution is 2.25. The van der Waals surface area contributed by atoms with Crippen molar-refractivity contribution in [1.29, 1.82) is 0 Å². The SMILES string of the molecule is NC(CCl)=Nc1ccc(OCC(F)(F)F)c(F)c1. The molecule has 1 aromatic rings. The Kier molecular flexibility index (Phi) is 4.77. The predicted molar refractivity (Wildman–Crippen MR) is 60.0 cm³/mol. The van der Waals surface area contributed by atoms with Gasteiger partial charge in [0.1, 0.15) is 5.84 Å². The number of amidine groups is 1. The van der Waals surface area contributed by atoms with Crippen LogP contribution in [0.1, 0.15) is 0 Å². The van der Waals surface area contributed by atoms with E-state index in [-0.39, 0.29) is 17.4 Å². The van der Waals surface area contributed by atoms with Crippen LogP contribution in [0.4, 0.5) is 23.2 Å². The molecule has 100 valence electrons. The number of hydrogen-bond acceptors (Lipinski definition) is 2. The number of nitrogens with two attached hydrogens (primary N) is 1. The lowest BCUT2D eigenvalue weighted by atomic mass is 10.3. The molecule has 0 saturated carbocycles. The van der Waals surface area contributed by atoms with Gasteiger partial charge < -0.3 is 10.5 Å². The van der Waals surface area contributed by atoms with E-state index < -0.39 is 24.3 Å². The highest BCUT2D eigenvalue weighted by atomic mass is 35.5. The van der Waals surface area contributed by atoms with Crippen LogP contribution < -0.4 is 10.5 Å². The Morgan fingerprint density at radius 2 is 2.06 bits per heavy atom. The first-order chi connectivity index (χ1) is 8.31. The minimum absolute atomic E-state index is 0.0338. The molecule has 1 rings (SSSR count). The van der Waals surface area contributed by atoms with Crippen molar-refractivity contribution >= 4 is 23.1 Å². The lowest BCUT2D eigenvalue weighted by molar-refractivity contribution is -0.153. The second kappa shape index (κ2) is 5.90. The van der Waals surface area contributed by atoms with Crippen LogP contribution in [0.5, 0.6) is 5.75 Å². The first kappa shape index (κ1) is 14.6. The fraction of sp³-hybridized carbons (Fsp3) is 0.300. The first-order valence-electron chi connectivity index (χ1n) is 4.70. The Labute approximate surface area is 105 Å². The van der Waals surface area contributed by atoms with Gasteiger partial charge in [0.05, 0.1) is 11.6 Å². The molecule has 1 aromatic carbocycles. The number of alkyl halides is 4. The Balaban J connectivity index is 2.80. The summed E-state index contributed by atoms with van der Waals surface area (Å²) in [6, 6.07) is 3.22. The molecule has 0 aliphatic carbocycles. The average Bonchev–Trinajstić information content (AvgIpc) is 2.26. The highest BCUT2D eigenvalue weighted by molar-refractivity contribution is 6.28. The zero-order valence-corrected chi connectivity index (χ0v) is 9.72. The number of hydrogen-bond donors (Lipinski definition) is 1. The summed E-state index contributed by atoms with van der Waals surface area (Å²) in [5.41, 5.74) is 5.47. The van der Waals surface area contributed by atoms with Crippen molar-refractivity contribution in [3.8, 4) is 5.75 Å². The van der Waals surface area contributed by atoms with Crippen LogP contribution >= 0.6 is 11.6 Å². The zero-order valence-electron chi connectivity index (χ0n) is 8.97. The van der Waals surface area contributed by atoms with E-state index in [9.17, 15) is 17.6 Å². The van der Waals surface area contributed by atoms with Gasteiger partial charge in [-0.15, -0.1) is 11.6 Å². The molecule has 0 spiro atoms. The van der Waals surface area contributed by atoms with Gasteiger partial charge in [0, 0.05) is 6.07 Å². The first-order valence-corrected chi connectivity index (χ1v) is 5.23. The fourth-order valence-electron chi connectivity index (χ4n) is 1.03. The van der Waals surface area contributed by atoms with Crippen molar-refractivity contribution in [1.82, 2.24) is 0 Å². The van der Waals surface area contributed by atoms with Gasteiger partial charge >= 0.3 is 6.18 Å². The molecule has 0 aliphatic heterocycles. The Bertz CT molecular complexity index is 448. The van der Waals surface area contributed by atoms with E-state index in [0.717, 1.165) is 12.1 Å².